The van der Waals surface area contributed by atoms with Crippen molar-refractivity contribution in [1.82, 2.24) is 14.8 Å². The van der Waals surface area contributed by atoms with E-state index >= 15 is 0 Å². The van der Waals surface area contributed by atoms with Crippen LogP contribution in [0.3, 0.4) is 0 Å². The van der Waals surface area contributed by atoms with Gasteiger partial charge in [-0.15, -0.1) is 0 Å². The van der Waals surface area contributed by atoms with Crippen LogP contribution in [0.2, 0.25) is 0 Å². The number of nitrogens with zero attached hydrogens (tertiary/aromatic N) is 3. The fourth-order valence-electron chi connectivity index (χ4n) is 2.61. The van der Waals surface area contributed by atoms with Crippen LogP contribution in [0, 0.1) is 0 Å². The molecular weight excluding hydrogens is 256 g/mol. The van der Waals surface area contributed by atoms with Gasteiger partial charge in [0.2, 0.25) is 11.9 Å². The number of amides is 1. The summed E-state index contributed by atoms with van der Waals surface area (Å²) in [5, 5.41) is 17.4. The first kappa shape index (κ1) is 15.0. The van der Waals surface area contributed by atoms with E-state index in [0.29, 0.717) is 24.6 Å². The summed E-state index contributed by atoms with van der Waals surface area (Å²) >= 11 is 0. The zero-order valence-corrected chi connectivity index (χ0v) is 12.5. The Hall–Kier alpha value is -1.43. The summed E-state index contributed by atoms with van der Waals surface area (Å²) in [6.07, 6.45) is 4.67. The second-order valence-electron chi connectivity index (χ2n) is 6.08. The van der Waals surface area contributed by atoms with Crippen LogP contribution in [-0.2, 0) is 11.8 Å². The molecule has 0 atom stereocenters. The summed E-state index contributed by atoms with van der Waals surface area (Å²) in [5.74, 6) is 1.17. The fourth-order valence-corrected chi connectivity index (χ4v) is 2.61. The summed E-state index contributed by atoms with van der Waals surface area (Å²) in [7, 11) is 1.75. The zero-order valence-electron chi connectivity index (χ0n) is 12.5. The third-order valence-corrected chi connectivity index (χ3v) is 3.82. The van der Waals surface area contributed by atoms with E-state index in [-0.39, 0.29) is 18.2 Å². The third-order valence-electron chi connectivity index (χ3n) is 3.82. The molecule has 1 aliphatic carbocycles. The second-order valence-corrected chi connectivity index (χ2v) is 6.08. The van der Waals surface area contributed by atoms with E-state index in [2.05, 4.69) is 15.4 Å². The first-order valence-corrected chi connectivity index (χ1v) is 7.33. The largest absolute Gasteiger partial charge is 0.389 e. The predicted molar refractivity (Wildman–Crippen MR) is 76.4 cm³/mol. The van der Waals surface area contributed by atoms with Gasteiger partial charge in [-0.1, -0.05) is 33.1 Å². The average molecular weight is 280 g/mol. The van der Waals surface area contributed by atoms with Crippen LogP contribution >= 0.6 is 0 Å². The standard InChI is InChI=1S/C14H24N4O2/c1-10(2)12-16-13(18(3)17-12)15-11(19)9-14(20)7-5-4-6-8-14/h10,20H,4-9H2,1-3H3,(H,15,16,17,19). The number of aryl methyl sites for hydroxylation is 1. The summed E-state index contributed by atoms with van der Waals surface area (Å²) < 4.78 is 1.57. The molecular formula is C14H24N4O2. The molecule has 2 N–H and O–H groups in total. The Kier molecular flexibility index (Phi) is 4.42. The highest BCUT2D eigenvalue weighted by molar-refractivity contribution is 5.89. The van der Waals surface area contributed by atoms with Gasteiger partial charge in [0.1, 0.15) is 0 Å². The van der Waals surface area contributed by atoms with E-state index in [1.165, 1.54) is 0 Å². The molecule has 1 heterocycles. The van der Waals surface area contributed by atoms with E-state index < -0.39 is 5.60 Å². The molecule has 1 fully saturated rings. The van der Waals surface area contributed by atoms with E-state index in [1.807, 2.05) is 13.8 Å². The Bertz CT molecular complexity index is 476. The normalized spacial score (nSPS) is 18.2. The van der Waals surface area contributed by atoms with E-state index in [1.54, 1.807) is 11.7 Å². The number of carbonyl (C=O) groups is 1. The maximum absolute atomic E-state index is 12.1. The van der Waals surface area contributed by atoms with Crippen molar-refractivity contribution in [2.24, 2.45) is 7.05 Å². The number of aromatic nitrogens is 3. The van der Waals surface area contributed by atoms with Crippen LogP contribution in [0.1, 0.15) is 64.1 Å². The summed E-state index contributed by atoms with van der Waals surface area (Å²) in [6, 6.07) is 0. The smallest absolute Gasteiger partial charge is 0.229 e. The van der Waals surface area contributed by atoms with Gasteiger partial charge in [-0.3, -0.25) is 10.1 Å². The molecule has 0 saturated heterocycles. The van der Waals surface area contributed by atoms with Crippen LogP contribution in [0.15, 0.2) is 0 Å². The Balaban J connectivity index is 1.97. The van der Waals surface area contributed by atoms with E-state index in [9.17, 15) is 9.90 Å². The summed E-state index contributed by atoms with van der Waals surface area (Å²) in [6.45, 7) is 4.01. The zero-order chi connectivity index (χ0) is 14.8. The molecule has 2 rings (SSSR count). The topological polar surface area (TPSA) is 80.0 Å². The molecule has 0 unspecified atom stereocenters. The molecule has 20 heavy (non-hydrogen) atoms. The molecule has 1 saturated carbocycles. The van der Waals surface area contributed by atoms with Crippen molar-refractivity contribution in [3.05, 3.63) is 5.82 Å². The van der Waals surface area contributed by atoms with Crippen LogP contribution in [0.25, 0.3) is 0 Å². The number of anilines is 1. The van der Waals surface area contributed by atoms with Crippen molar-refractivity contribution in [2.45, 2.75) is 63.9 Å². The van der Waals surface area contributed by atoms with Crippen molar-refractivity contribution in [3.8, 4) is 0 Å². The number of aliphatic hydroxyl groups is 1. The number of hydrogen-bond acceptors (Lipinski definition) is 4. The van der Waals surface area contributed by atoms with Crippen LogP contribution in [0.4, 0.5) is 5.95 Å². The van der Waals surface area contributed by atoms with Gasteiger partial charge in [-0.05, 0) is 12.8 Å². The Morgan fingerprint density at radius 2 is 2.05 bits per heavy atom. The third kappa shape index (κ3) is 3.56. The quantitative estimate of drug-likeness (QED) is 0.883. The molecule has 1 aromatic heterocycles. The van der Waals surface area contributed by atoms with Crippen molar-refractivity contribution >= 4 is 11.9 Å². The minimum absolute atomic E-state index is 0.136. The van der Waals surface area contributed by atoms with Gasteiger partial charge in [0.15, 0.2) is 5.82 Å². The predicted octanol–water partition coefficient (Wildman–Crippen LogP) is 1.96. The molecule has 6 heteroatoms. The van der Waals surface area contributed by atoms with Gasteiger partial charge in [0.05, 0.1) is 12.0 Å². The molecule has 6 nitrogen and oxygen atoms in total. The number of nitrogens with one attached hydrogen (secondary N) is 1. The van der Waals surface area contributed by atoms with Crippen LogP contribution < -0.4 is 5.32 Å². The highest BCUT2D eigenvalue weighted by atomic mass is 16.3. The fraction of sp³-hybridized carbons (Fsp3) is 0.786. The highest BCUT2D eigenvalue weighted by Crippen LogP contribution is 2.31. The van der Waals surface area contributed by atoms with Gasteiger partial charge >= 0.3 is 0 Å². The number of rotatable bonds is 4. The lowest BCUT2D eigenvalue weighted by atomic mass is 9.82. The summed E-state index contributed by atoms with van der Waals surface area (Å²) in [5.41, 5.74) is -0.845. The Morgan fingerprint density at radius 1 is 1.40 bits per heavy atom. The first-order chi connectivity index (χ1) is 9.39. The molecule has 0 aromatic carbocycles. The lowest BCUT2D eigenvalue weighted by molar-refractivity contribution is -0.122. The molecule has 0 radical (unpaired) electrons. The maximum atomic E-state index is 12.1. The molecule has 1 aromatic rings. The Labute approximate surface area is 119 Å². The van der Waals surface area contributed by atoms with Crippen molar-refractivity contribution in [1.29, 1.82) is 0 Å². The van der Waals surface area contributed by atoms with E-state index in [0.717, 1.165) is 19.3 Å². The van der Waals surface area contributed by atoms with Gasteiger partial charge in [0.25, 0.3) is 0 Å². The summed E-state index contributed by atoms with van der Waals surface area (Å²) in [4.78, 5) is 16.4. The molecule has 1 amide bonds. The van der Waals surface area contributed by atoms with Gasteiger partial charge in [0, 0.05) is 13.0 Å². The number of hydrogen-bond donors (Lipinski definition) is 2. The van der Waals surface area contributed by atoms with Crippen LogP contribution in [-0.4, -0.2) is 31.4 Å². The van der Waals surface area contributed by atoms with Gasteiger partial charge in [-0.2, -0.15) is 10.1 Å². The van der Waals surface area contributed by atoms with Gasteiger partial charge in [-0.25, -0.2) is 4.68 Å². The number of carbonyl (C=O) groups excluding carboxylic acids is 1. The Morgan fingerprint density at radius 3 is 2.60 bits per heavy atom. The van der Waals surface area contributed by atoms with Gasteiger partial charge < -0.3 is 5.11 Å². The maximum Gasteiger partial charge on any atom is 0.229 e. The lowest BCUT2D eigenvalue weighted by Gasteiger charge is -2.31. The molecule has 1 aliphatic rings. The average Bonchev–Trinajstić information content (AvgIpc) is 2.71. The molecule has 0 bridgehead atoms. The van der Waals surface area contributed by atoms with E-state index in [4.69, 9.17) is 0 Å². The minimum Gasteiger partial charge on any atom is -0.389 e. The molecule has 112 valence electrons. The van der Waals surface area contributed by atoms with Crippen LogP contribution in [0.5, 0.6) is 0 Å². The molecule has 0 spiro atoms. The highest BCUT2D eigenvalue weighted by Gasteiger charge is 2.32. The first-order valence-electron chi connectivity index (χ1n) is 7.33. The monoisotopic (exact) mass is 280 g/mol. The second kappa shape index (κ2) is 5.91. The molecule has 0 aliphatic heterocycles. The lowest BCUT2D eigenvalue weighted by Crippen LogP contribution is -2.36. The van der Waals surface area contributed by atoms with Crippen molar-refractivity contribution in [2.75, 3.05) is 5.32 Å². The SMILES string of the molecule is CC(C)c1nc(NC(=O)CC2(O)CCCCC2)n(C)n1. The minimum atomic E-state index is -0.845. The van der Waals surface area contributed by atoms with Crippen molar-refractivity contribution < 1.29 is 9.90 Å². The van der Waals surface area contributed by atoms with Crippen molar-refractivity contribution in [3.63, 3.8) is 0 Å².